The van der Waals surface area contributed by atoms with Gasteiger partial charge in [-0.05, 0) is 112 Å². The number of nitrogens with one attached hydrogen (secondary N) is 2. The van der Waals surface area contributed by atoms with Crippen LogP contribution in [0, 0.1) is 32.6 Å². The summed E-state index contributed by atoms with van der Waals surface area (Å²) in [5.74, 6) is -6.32. The monoisotopic (exact) mass is 1080 g/mol. The van der Waals surface area contributed by atoms with Gasteiger partial charge in [-0.2, -0.15) is 21.6 Å². The van der Waals surface area contributed by atoms with Crippen LogP contribution in [0.5, 0.6) is 11.5 Å². The average molecular weight is 1080 g/mol. The lowest BCUT2D eigenvalue weighted by Crippen LogP contribution is -2.46. The molecule has 4 bridgehead atoms. The molecule has 1 aliphatic heterocycles. The average Bonchev–Trinajstić information content (AvgIpc) is 3.31. The van der Waals surface area contributed by atoms with E-state index in [1.807, 2.05) is 31.2 Å². The van der Waals surface area contributed by atoms with Crippen molar-refractivity contribution in [2.45, 2.75) is 137 Å². The van der Waals surface area contributed by atoms with E-state index >= 15 is 4.79 Å². The molecule has 0 fully saturated rings. The summed E-state index contributed by atoms with van der Waals surface area (Å²) in [4.78, 5) is 95.2. The number of methoxy groups -OCH3 is 1. The molecule has 3 amide bonds. The number of aromatic nitrogens is 2. The predicted molar refractivity (Wildman–Crippen MR) is 277 cm³/mol. The van der Waals surface area contributed by atoms with Crippen molar-refractivity contribution in [1.29, 1.82) is 0 Å². The number of benzene rings is 3. The number of hydrogen-bond donors (Lipinski definition) is 2. The van der Waals surface area contributed by atoms with Gasteiger partial charge in [-0.25, -0.2) is 19.6 Å². The van der Waals surface area contributed by atoms with Crippen molar-refractivity contribution in [1.82, 2.24) is 25.5 Å². The van der Waals surface area contributed by atoms with Crippen molar-refractivity contribution >= 4 is 45.6 Å². The summed E-state index contributed by atoms with van der Waals surface area (Å²) in [6.45, 7) is 19.4. The molecule has 0 radical (unpaired) electrons. The van der Waals surface area contributed by atoms with E-state index in [0.29, 0.717) is 23.6 Å². The first-order chi connectivity index (χ1) is 35.3. The molecule has 0 saturated heterocycles. The van der Waals surface area contributed by atoms with Gasteiger partial charge in [0, 0.05) is 55.8 Å². The molecule has 2 heterocycles. The molecule has 4 aromatic rings. The third-order valence-electron chi connectivity index (χ3n) is 12.7. The van der Waals surface area contributed by atoms with Crippen LogP contribution in [0.4, 0.5) is 18.0 Å². The topological polar surface area (TPSA) is 227 Å². The second kappa shape index (κ2) is 24.0. The molecule has 0 aliphatic carbocycles. The van der Waals surface area contributed by atoms with Crippen LogP contribution >= 0.6 is 0 Å². The molecule has 5 rings (SSSR count). The fourth-order valence-corrected chi connectivity index (χ4v) is 9.26. The van der Waals surface area contributed by atoms with Crippen molar-refractivity contribution in [2.75, 3.05) is 27.3 Å². The van der Waals surface area contributed by atoms with E-state index in [1.165, 1.54) is 39.1 Å². The van der Waals surface area contributed by atoms with Gasteiger partial charge in [0.2, 0.25) is 11.8 Å². The number of fused-ring (bicyclic) bond motifs is 5. The Kier molecular flexibility index (Phi) is 18.9. The van der Waals surface area contributed by atoms with Crippen molar-refractivity contribution < 1.29 is 68.7 Å². The Bertz CT molecular complexity index is 2940. The van der Waals surface area contributed by atoms with Gasteiger partial charge in [0.15, 0.2) is 17.4 Å². The second-order valence-corrected chi connectivity index (χ2v) is 22.6. The number of carbonyl (C=O) groups excluding carboxylic acids is 6. The minimum Gasteiger partial charge on any atom is -0.493 e. The van der Waals surface area contributed by atoms with E-state index < -0.39 is 106 Å². The smallest absolute Gasteiger partial charge is 0.493 e. The van der Waals surface area contributed by atoms with Gasteiger partial charge in [-0.15, -0.1) is 0 Å². The number of likely N-dealkylation sites (N-methyl/N-ethyl adjacent to an activating group) is 1. The number of ketones is 2. The maximum absolute atomic E-state index is 15.2. The van der Waals surface area contributed by atoms with E-state index in [4.69, 9.17) is 24.2 Å². The van der Waals surface area contributed by atoms with Gasteiger partial charge in [-0.3, -0.25) is 19.2 Å². The zero-order valence-corrected chi connectivity index (χ0v) is 46.1. The summed E-state index contributed by atoms with van der Waals surface area (Å²) in [5, 5.41) is 5.14. The maximum atomic E-state index is 15.2. The summed E-state index contributed by atoms with van der Waals surface area (Å²) in [6.07, 6.45) is -1.93. The molecule has 1 aromatic heterocycles. The summed E-state index contributed by atoms with van der Waals surface area (Å²) >= 11 is 0. The van der Waals surface area contributed by atoms with Crippen LogP contribution in [0.1, 0.15) is 131 Å². The molecular formula is C55H68F3N5O12S. The number of carbonyl (C=O) groups is 6. The first kappa shape index (κ1) is 60.0. The van der Waals surface area contributed by atoms with Gasteiger partial charge in [0.05, 0.1) is 30.7 Å². The number of halogens is 3. The minimum absolute atomic E-state index is 0.0933. The molecule has 1 aliphatic rings. The number of ether oxygens (including phenoxy) is 3. The van der Waals surface area contributed by atoms with Crippen LogP contribution in [0.2, 0.25) is 0 Å². The van der Waals surface area contributed by atoms with Crippen LogP contribution in [-0.4, -0.2) is 103 Å². The zero-order valence-electron chi connectivity index (χ0n) is 45.2. The Morgan fingerprint density at radius 3 is 2.08 bits per heavy atom. The number of aryl methyl sites for hydroxylation is 3. The standard InChI is InChI=1S/C55H68F3N5O12S/c1-14-23-73-44-20-17-35-26-40(44)39-27-37(45(25-30(39)2)75-76(70,71)55(56,57)58)28-41(51(68)72-13)62-49(66)31(3)24-43(65)47(35)63(12)50(67)36(21-22-59-52(69)74-54(9,10)11)29-42(64)46-32(4)60-48(61-33(46)5)34-15-18-38(19-16-34)53(6,7)8/h15-20,25-27,31,36,41,47H,14,21-24,28-29H2,1-13H3,(H,59,69)(H,62,66)/t31-,36-,41+,47+/m1/s1. The summed E-state index contributed by atoms with van der Waals surface area (Å²) < 4.78 is 87.3. The van der Waals surface area contributed by atoms with Gasteiger partial charge in [0.1, 0.15) is 29.2 Å². The van der Waals surface area contributed by atoms with Crippen LogP contribution in [0.3, 0.4) is 0 Å². The highest BCUT2D eigenvalue weighted by atomic mass is 32.2. The highest BCUT2D eigenvalue weighted by Crippen LogP contribution is 2.41. The van der Waals surface area contributed by atoms with Crippen LogP contribution in [0.15, 0.2) is 54.6 Å². The molecule has 21 heteroatoms. The number of Topliss-reactive ketones (excluding diaryl/α,β-unsaturated/α-hetero) is 2. The van der Waals surface area contributed by atoms with Gasteiger partial charge < -0.3 is 33.9 Å². The normalized spacial score (nSPS) is 16.9. The van der Waals surface area contributed by atoms with Gasteiger partial charge in [0.25, 0.3) is 0 Å². The van der Waals surface area contributed by atoms with E-state index in [9.17, 15) is 45.6 Å². The van der Waals surface area contributed by atoms with Crippen LogP contribution in [-0.2, 0) is 50.6 Å². The lowest BCUT2D eigenvalue weighted by atomic mass is 9.86. The Morgan fingerprint density at radius 2 is 1.51 bits per heavy atom. The Balaban J connectivity index is 1.66. The fourth-order valence-electron chi connectivity index (χ4n) is 8.77. The Labute approximate surface area is 442 Å². The molecule has 4 atom stereocenters. The number of rotatable bonds is 15. The molecule has 17 nitrogen and oxygen atoms in total. The number of alkyl carbamates (subject to hydrolysis) is 1. The third-order valence-corrected chi connectivity index (χ3v) is 13.6. The first-order valence-corrected chi connectivity index (χ1v) is 26.2. The molecule has 0 saturated carbocycles. The number of nitrogens with zero attached hydrogens (tertiary/aromatic N) is 3. The summed E-state index contributed by atoms with van der Waals surface area (Å²) in [6, 6.07) is 11.6. The maximum Gasteiger partial charge on any atom is 0.534 e. The SMILES string of the molecule is CCCOc1ccc2cc1-c1cc(c(OS(=O)(=O)C(F)(F)F)cc1C)C[C@@H](C(=O)OC)NC(=O)[C@H](C)CC(=O)[C@H]2N(C)C(=O)[C@H](CCNC(=O)OC(C)(C)C)CC(=O)c1c(C)nc(-c2ccc(C(C)(C)C)cc2)nc1C. The molecule has 76 heavy (non-hydrogen) atoms. The molecule has 0 unspecified atom stereocenters. The van der Waals surface area contributed by atoms with Crippen LogP contribution < -0.4 is 19.6 Å². The third kappa shape index (κ3) is 14.7. The lowest BCUT2D eigenvalue weighted by Gasteiger charge is -2.32. The Morgan fingerprint density at radius 1 is 0.882 bits per heavy atom. The van der Waals surface area contributed by atoms with Gasteiger partial charge >= 0.3 is 27.7 Å². The molecule has 0 spiro atoms. The zero-order chi connectivity index (χ0) is 56.8. The quantitative estimate of drug-likeness (QED) is 0.0490. The number of esters is 1. The highest BCUT2D eigenvalue weighted by Gasteiger charge is 2.49. The molecule has 2 N–H and O–H groups in total. The lowest BCUT2D eigenvalue weighted by molar-refractivity contribution is -0.146. The predicted octanol–water partition coefficient (Wildman–Crippen LogP) is 9.16. The van der Waals surface area contributed by atoms with E-state index in [2.05, 4.69) is 35.6 Å². The largest absolute Gasteiger partial charge is 0.534 e. The van der Waals surface area contributed by atoms with E-state index in [0.717, 1.165) is 29.2 Å². The Hall–Kier alpha value is -6.90. The summed E-state index contributed by atoms with van der Waals surface area (Å²) in [7, 11) is -3.88. The number of amides is 3. The number of hydrogen-bond acceptors (Lipinski definition) is 14. The van der Waals surface area contributed by atoms with Crippen molar-refractivity contribution in [2.24, 2.45) is 11.8 Å². The molecule has 3 aromatic carbocycles. The highest BCUT2D eigenvalue weighted by molar-refractivity contribution is 7.88. The van der Waals surface area contributed by atoms with Gasteiger partial charge in [-0.1, -0.05) is 65.0 Å². The van der Waals surface area contributed by atoms with E-state index in [-0.39, 0.29) is 64.1 Å². The fraction of sp³-hybridized carbons (Fsp3) is 0.491. The van der Waals surface area contributed by atoms with Crippen LogP contribution in [0.25, 0.3) is 22.5 Å². The van der Waals surface area contributed by atoms with Crippen molar-refractivity contribution in [3.8, 4) is 34.0 Å². The van der Waals surface area contributed by atoms with E-state index in [1.54, 1.807) is 40.7 Å². The van der Waals surface area contributed by atoms with Crippen molar-refractivity contribution in [3.05, 3.63) is 93.8 Å². The molecular weight excluding hydrogens is 1010 g/mol. The summed E-state index contributed by atoms with van der Waals surface area (Å²) in [5.41, 5.74) is -3.45. The minimum atomic E-state index is -6.25. The molecule has 412 valence electrons. The first-order valence-electron chi connectivity index (χ1n) is 24.8. The number of alkyl halides is 3. The van der Waals surface area contributed by atoms with Crippen molar-refractivity contribution in [3.63, 3.8) is 0 Å². The second-order valence-electron chi connectivity index (χ2n) is 21.0.